The minimum atomic E-state index is -0.507. The summed E-state index contributed by atoms with van der Waals surface area (Å²) in [7, 11) is 0. The van der Waals surface area contributed by atoms with E-state index in [0.29, 0.717) is 56.3 Å². The molecular weight excluding hydrogens is 697 g/mol. The highest BCUT2D eigenvalue weighted by Crippen LogP contribution is 2.19. The van der Waals surface area contributed by atoms with Gasteiger partial charge in [0.1, 0.15) is 23.0 Å². The number of rotatable bonds is 20. The van der Waals surface area contributed by atoms with Crippen molar-refractivity contribution in [3.05, 3.63) is 144 Å². The van der Waals surface area contributed by atoms with Crippen molar-refractivity contribution in [3.8, 4) is 23.0 Å². The standard InChI is InChI=1S/C45H46N2O8/c1-5-41(35-17-25-39(26-18-35)54-44(49)29-15-33-11-21-37(22-12-33)51-8-4)46-47-42(6-2)36-19-27-40(28-20-36)55-45(50)30-16-34-13-23-38(24-14-34)52-31-9-10-32-53-43(48)7-3/h7,11-30H,3,5-6,8-10,31-32H2,1-2,4H3. The van der Waals surface area contributed by atoms with E-state index in [1.807, 2.05) is 93.6 Å². The quantitative estimate of drug-likeness (QED) is 0.0219. The van der Waals surface area contributed by atoms with Crippen LogP contribution in [0.1, 0.15) is 68.7 Å². The normalized spacial score (nSPS) is 11.7. The Bertz CT molecular complexity index is 1980. The largest absolute Gasteiger partial charge is 0.494 e. The van der Waals surface area contributed by atoms with Gasteiger partial charge in [-0.25, -0.2) is 14.4 Å². The Hall–Kier alpha value is -6.55. The van der Waals surface area contributed by atoms with Crippen LogP contribution >= 0.6 is 0 Å². The van der Waals surface area contributed by atoms with Crippen molar-refractivity contribution >= 4 is 41.5 Å². The number of esters is 3. The maximum Gasteiger partial charge on any atom is 0.336 e. The Balaban J connectivity index is 1.26. The molecule has 0 radical (unpaired) electrons. The molecule has 0 bridgehead atoms. The second-order valence-electron chi connectivity index (χ2n) is 11.9. The summed E-state index contributed by atoms with van der Waals surface area (Å²) in [6, 6.07) is 29.1. The highest BCUT2D eigenvalue weighted by atomic mass is 16.5. The van der Waals surface area contributed by atoms with Crippen LogP contribution in [0, 0.1) is 0 Å². The Morgan fingerprint density at radius 2 is 0.964 bits per heavy atom. The fourth-order valence-corrected chi connectivity index (χ4v) is 4.99. The van der Waals surface area contributed by atoms with E-state index in [1.165, 1.54) is 12.2 Å². The third-order valence-corrected chi connectivity index (χ3v) is 7.89. The molecule has 4 aromatic carbocycles. The predicted octanol–water partition coefficient (Wildman–Crippen LogP) is 9.22. The highest BCUT2D eigenvalue weighted by molar-refractivity contribution is 6.03. The second kappa shape index (κ2) is 22.5. The van der Waals surface area contributed by atoms with Crippen LogP contribution in [0.3, 0.4) is 0 Å². The molecule has 0 aliphatic carbocycles. The van der Waals surface area contributed by atoms with Crippen LogP contribution < -0.4 is 18.9 Å². The number of ether oxygens (including phenoxy) is 5. The van der Waals surface area contributed by atoms with Crippen LogP contribution in [-0.2, 0) is 19.1 Å². The molecule has 0 aromatic heterocycles. The van der Waals surface area contributed by atoms with E-state index < -0.39 is 17.9 Å². The van der Waals surface area contributed by atoms with Gasteiger partial charge in [-0.2, -0.15) is 10.2 Å². The first-order chi connectivity index (χ1) is 26.8. The van der Waals surface area contributed by atoms with Gasteiger partial charge >= 0.3 is 17.9 Å². The molecule has 0 heterocycles. The Kier molecular flexibility index (Phi) is 16.9. The van der Waals surface area contributed by atoms with Gasteiger partial charge in [-0.3, -0.25) is 0 Å². The second-order valence-corrected chi connectivity index (χ2v) is 11.9. The summed E-state index contributed by atoms with van der Waals surface area (Å²) >= 11 is 0. The highest BCUT2D eigenvalue weighted by Gasteiger charge is 2.08. The summed E-state index contributed by atoms with van der Waals surface area (Å²) in [5.74, 6) is 0.887. The third-order valence-electron chi connectivity index (χ3n) is 7.89. The average molecular weight is 743 g/mol. The number of hydrogen-bond donors (Lipinski definition) is 0. The summed E-state index contributed by atoms with van der Waals surface area (Å²) in [5, 5.41) is 9.10. The maximum atomic E-state index is 12.5. The monoisotopic (exact) mass is 742 g/mol. The number of carbonyl (C=O) groups is 3. The molecule has 55 heavy (non-hydrogen) atoms. The van der Waals surface area contributed by atoms with Crippen molar-refractivity contribution in [1.82, 2.24) is 0 Å². The molecule has 0 fully saturated rings. The summed E-state index contributed by atoms with van der Waals surface area (Å²) in [4.78, 5) is 35.9. The van der Waals surface area contributed by atoms with E-state index in [0.717, 1.165) is 51.9 Å². The average Bonchev–Trinajstić information content (AvgIpc) is 3.21. The lowest BCUT2D eigenvalue weighted by atomic mass is 10.1. The molecule has 0 atom stereocenters. The molecule has 0 aliphatic heterocycles. The van der Waals surface area contributed by atoms with Crippen LogP contribution in [0.15, 0.2) is 132 Å². The molecule has 0 saturated heterocycles. The Morgan fingerprint density at radius 1 is 0.545 bits per heavy atom. The van der Waals surface area contributed by atoms with Crippen LogP contribution in [0.25, 0.3) is 12.2 Å². The molecule has 0 aliphatic rings. The van der Waals surface area contributed by atoms with E-state index in [2.05, 4.69) is 16.8 Å². The van der Waals surface area contributed by atoms with Gasteiger partial charge in [0, 0.05) is 18.2 Å². The van der Waals surface area contributed by atoms with Crippen molar-refractivity contribution in [3.63, 3.8) is 0 Å². The van der Waals surface area contributed by atoms with Crippen molar-refractivity contribution in [2.24, 2.45) is 10.2 Å². The Labute approximate surface area is 322 Å². The van der Waals surface area contributed by atoms with Gasteiger partial charge < -0.3 is 23.7 Å². The zero-order valence-electron chi connectivity index (χ0n) is 31.4. The number of unbranched alkanes of at least 4 members (excludes halogenated alkanes) is 1. The maximum absolute atomic E-state index is 12.5. The van der Waals surface area contributed by atoms with E-state index >= 15 is 0 Å². The zero-order chi connectivity index (χ0) is 39.3. The minimum absolute atomic E-state index is 0.328. The Morgan fingerprint density at radius 3 is 1.38 bits per heavy atom. The number of carbonyl (C=O) groups excluding carboxylic acids is 3. The van der Waals surface area contributed by atoms with Crippen molar-refractivity contribution in [1.29, 1.82) is 0 Å². The van der Waals surface area contributed by atoms with Gasteiger partial charge in [0.25, 0.3) is 0 Å². The third kappa shape index (κ3) is 14.4. The molecule has 0 saturated carbocycles. The van der Waals surface area contributed by atoms with Crippen LogP contribution in [0.5, 0.6) is 23.0 Å². The molecule has 0 amide bonds. The number of nitrogens with zero attached hydrogens (tertiary/aromatic N) is 2. The molecular formula is C45H46N2O8. The molecule has 0 unspecified atom stereocenters. The summed E-state index contributed by atoms with van der Waals surface area (Å²) in [5.41, 5.74) is 4.95. The van der Waals surface area contributed by atoms with Crippen molar-refractivity contribution in [2.75, 3.05) is 19.8 Å². The first-order valence-corrected chi connectivity index (χ1v) is 18.2. The van der Waals surface area contributed by atoms with Crippen molar-refractivity contribution < 1.29 is 38.1 Å². The minimum Gasteiger partial charge on any atom is -0.494 e. The van der Waals surface area contributed by atoms with Gasteiger partial charge in [0.05, 0.1) is 31.2 Å². The molecule has 4 aromatic rings. The topological polar surface area (TPSA) is 122 Å². The number of benzene rings is 4. The smallest absolute Gasteiger partial charge is 0.336 e. The molecule has 284 valence electrons. The molecule has 0 N–H and O–H groups in total. The summed E-state index contributed by atoms with van der Waals surface area (Å²) in [6.07, 6.45) is 9.97. The van der Waals surface area contributed by atoms with Gasteiger partial charge in [-0.05, 0) is 140 Å². The van der Waals surface area contributed by atoms with E-state index in [-0.39, 0.29) is 0 Å². The summed E-state index contributed by atoms with van der Waals surface area (Å²) in [6.45, 7) is 10.7. The summed E-state index contributed by atoms with van der Waals surface area (Å²) < 4.78 is 27.1. The lowest BCUT2D eigenvalue weighted by molar-refractivity contribution is -0.138. The van der Waals surface area contributed by atoms with Crippen LogP contribution in [0.2, 0.25) is 0 Å². The van der Waals surface area contributed by atoms with E-state index in [9.17, 15) is 14.4 Å². The zero-order valence-corrected chi connectivity index (χ0v) is 31.4. The first kappa shape index (κ1) is 41.2. The van der Waals surface area contributed by atoms with Crippen LogP contribution in [0.4, 0.5) is 0 Å². The van der Waals surface area contributed by atoms with Crippen LogP contribution in [-0.4, -0.2) is 49.2 Å². The lowest BCUT2D eigenvalue weighted by Crippen LogP contribution is -2.05. The van der Waals surface area contributed by atoms with Gasteiger partial charge in [0.2, 0.25) is 0 Å². The molecule has 10 nitrogen and oxygen atoms in total. The first-order valence-electron chi connectivity index (χ1n) is 18.2. The molecule has 10 heteroatoms. The number of hydrogen-bond acceptors (Lipinski definition) is 10. The molecule has 0 spiro atoms. The van der Waals surface area contributed by atoms with Gasteiger partial charge in [0.15, 0.2) is 0 Å². The lowest BCUT2D eigenvalue weighted by Gasteiger charge is -2.07. The predicted molar refractivity (Wildman–Crippen MR) is 216 cm³/mol. The fraction of sp³-hybridized carbons (Fsp3) is 0.222. The van der Waals surface area contributed by atoms with Crippen molar-refractivity contribution in [2.45, 2.75) is 46.5 Å². The fourth-order valence-electron chi connectivity index (χ4n) is 4.99. The van der Waals surface area contributed by atoms with E-state index in [1.54, 1.807) is 36.4 Å². The molecule has 4 rings (SSSR count). The van der Waals surface area contributed by atoms with Gasteiger partial charge in [-0.15, -0.1) is 0 Å². The SMILES string of the molecule is C=CC(=O)OCCCCOc1ccc(C=CC(=O)Oc2ccc(C(CC)=NN=C(CC)c3ccc(OC(=O)C=Cc4ccc(OCC)cc4)cc3)cc2)cc1. The van der Waals surface area contributed by atoms with Gasteiger partial charge in [-0.1, -0.05) is 44.7 Å². The van der Waals surface area contributed by atoms with E-state index in [4.69, 9.17) is 23.7 Å².